The van der Waals surface area contributed by atoms with E-state index in [-0.39, 0.29) is 16.1 Å². The molecule has 0 radical (unpaired) electrons. The van der Waals surface area contributed by atoms with E-state index in [9.17, 15) is 18.3 Å². The molecule has 0 spiro atoms. The average Bonchev–Trinajstić information content (AvgIpc) is 2.67. The van der Waals surface area contributed by atoms with Gasteiger partial charge >= 0.3 is 5.97 Å². The lowest BCUT2D eigenvalue weighted by Gasteiger charge is -2.33. The second-order valence-electron chi connectivity index (χ2n) is 8.44. The molecule has 30 heavy (non-hydrogen) atoms. The number of carbonyl (C=O) groups is 1. The van der Waals surface area contributed by atoms with Gasteiger partial charge in [-0.05, 0) is 54.9 Å². The predicted octanol–water partition coefficient (Wildman–Crippen LogP) is 4.02. The number of hydrogen-bond donors (Lipinski definition) is 2. The smallest absolute Gasteiger partial charge is 0.337 e. The number of anilines is 2. The van der Waals surface area contributed by atoms with Crippen LogP contribution in [-0.2, 0) is 16.4 Å². The zero-order valence-electron chi connectivity index (χ0n) is 17.6. The van der Waals surface area contributed by atoms with Crippen molar-refractivity contribution in [3.05, 3.63) is 47.7 Å². The van der Waals surface area contributed by atoms with Crippen molar-refractivity contribution in [2.75, 3.05) is 22.7 Å². The molecule has 7 nitrogen and oxygen atoms in total. The van der Waals surface area contributed by atoms with Gasteiger partial charge in [-0.25, -0.2) is 18.2 Å². The van der Waals surface area contributed by atoms with Gasteiger partial charge in [0, 0.05) is 19.3 Å². The molecule has 1 aromatic carbocycles. The van der Waals surface area contributed by atoms with E-state index in [0.29, 0.717) is 17.7 Å². The molecule has 2 N–H and O–H groups in total. The number of rotatable bonds is 7. The minimum atomic E-state index is -3.89. The fraction of sp³-hybridized carbons (Fsp3) is 0.455. The lowest BCUT2D eigenvalue weighted by Crippen LogP contribution is -2.35. The highest BCUT2D eigenvalue weighted by molar-refractivity contribution is 7.92. The summed E-state index contributed by atoms with van der Waals surface area (Å²) in [6, 6.07) is 8.13. The van der Waals surface area contributed by atoms with Crippen LogP contribution in [0.3, 0.4) is 0 Å². The number of nitrogens with zero attached hydrogens (tertiary/aromatic N) is 2. The SMILES string of the molecule is CC(C)Cc1ccc(S(=O)(=O)Nc2cc(C(=O)O)cnc2N2CCC[C@H](C)C2)cc1. The van der Waals surface area contributed by atoms with Crippen molar-refractivity contribution in [1.29, 1.82) is 0 Å². The van der Waals surface area contributed by atoms with Gasteiger partial charge in [0.1, 0.15) is 0 Å². The number of hydrogen-bond acceptors (Lipinski definition) is 5. The Morgan fingerprint density at radius 1 is 1.30 bits per heavy atom. The molecule has 8 heteroatoms. The molecule has 1 saturated heterocycles. The monoisotopic (exact) mass is 431 g/mol. The Labute approximate surface area is 178 Å². The summed E-state index contributed by atoms with van der Waals surface area (Å²) >= 11 is 0. The largest absolute Gasteiger partial charge is 0.478 e. The number of nitrogens with one attached hydrogen (secondary N) is 1. The fourth-order valence-corrected chi connectivity index (χ4v) is 4.82. The Balaban J connectivity index is 1.93. The third kappa shape index (κ3) is 5.30. The topological polar surface area (TPSA) is 99.6 Å². The lowest BCUT2D eigenvalue weighted by molar-refractivity contribution is 0.0696. The van der Waals surface area contributed by atoms with E-state index in [1.807, 2.05) is 17.0 Å². The molecule has 1 atom stereocenters. The molecule has 1 aliphatic rings. The van der Waals surface area contributed by atoms with Gasteiger partial charge in [-0.15, -0.1) is 0 Å². The minimum Gasteiger partial charge on any atom is -0.478 e. The summed E-state index contributed by atoms with van der Waals surface area (Å²) in [6.07, 6.45) is 4.23. The first-order chi connectivity index (χ1) is 14.2. The van der Waals surface area contributed by atoms with Crippen molar-refractivity contribution in [2.45, 2.75) is 44.9 Å². The summed E-state index contributed by atoms with van der Waals surface area (Å²) in [6.45, 7) is 7.86. The summed E-state index contributed by atoms with van der Waals surface area (Å²) in [7, 11) is -3.89. The van der Waals surface area contributed by atoms with Gasteiger partial charge < -0.3 is 10.0 Å². The molecular formula is C22H29N3O4S. The van der Waals surface area contributed by atoms with Crippen molar-refractivity contribution >= 4 is 27.5 Å². The molecule has 0 bridgehead atoms. The van der Waals surface area contributed by atoms with E-state index in [1.54, 1.807) is 12.1 Å². The van der Waals surface area contributed by atoms with E-state index in [4.69, 9.17) is 0 Å². The van der Waals surface area contributed by atoms with Crippen LogP contribution in [0.25, 0.3) is 0 Å². The van der Waals surface area contributed by atoms with Crippen molar-refractivity contribution in [2.24, 2.45) is 11.8 Å². The normalized spacial score (nSPS) is 17.2. The first-order valence-corrected chi connectivity index (χ1v) is 11.7. The van der Waals surface area contributed by atoms with Crippen LogP contribution in [0, 0.1) is 11.8 Å². The van der Waals surface area contributed by atoms with Crippen LogP contribution >= 0.6 is 0 Å². The van der Waals surface area contributed by atoms with Crippen LogP contribution in [0.2, 0.25) is 0 Å². The van der Waals surface area contributed by atoms with E-state index in [0.717, 1.165) is 37.9 Å². The molecule has 0 saturated carbocycles. The molecule has 1 aromatic heterocycles. The van der Waals surface area contributed by atoms with Crippen LogP contribution in [0.4, 0.5) is 11.5 Å². The maximum atomic E-state index is 13.0. The zero-order chi connectivity index (χ0) is 21.9. The Kier molecular flexibility index (Phi) is 6.65. The van der Waals surface area contributed by atoms with Crippen molar-refractivity contribution < 1.29 is 18.3 Å². The highest BCUT2D eigenvalue weighted by Gasteiger charge is 2.24. The van der Waals surface area contributed by atoms with Crippen LogP contribution in [0.1, 0.15) is 49.5 Å². The van der Waals surface area contributed by atoms with Gasteiger partial charge in [-0.3, -0.25) is 4.72 Å². The van der Waals surface area contributed by atoms with E-state index in [1.165, 1.54) is 12.3 Å². The Morgan fingerprint density at radius 3 is 2.60 bits per heavy atom. The maximum Gasteiger partial charge on any atom is 0.337 e. The molecule has 0 aliphatic carbocycles. The molecule has 1 fully saturated rings. The number of carboxylic acids is 1. The van der Waals surface area contributed by atoms with Crippen molar-refractivity contribution in [3.8, 4) is 0 Å². The number of aromatic nitrogens is 1. The van der Waals surface area contributed by atoms with Gasteiger partial charge in [0.05, 0.1) is 16.1 Å². The Morgan fingerprint density at radius 2 is 2.00 bits per heavy atom. The summed E-state index contributed by atoms with van der Waals surface area (Å²) < 4.78 is 28.6. The van der Waals surface area contributed by atoms with E-state index in [2.05, 4.69) is 30.5 Å². The minimum absolute atomic E-state index is 0.0613. The fourth-order valence-electron chi connectivity index (χ4n) is 3.76. The molecular weight excluding hydrogens is 402 g/mol. The Hall–Kier alpha value is -2.61. The van der Waals surface area contributed by atoms with Crippen LogP contribution in [0.15, 0.2) is 41.4 Å². The van der Waals surface area contributed by atoms with Crippen LogP contribution in [-0.4, -0.2) is 37.6 Å². The lowest BCUT2D eigenvalue weighted by atomic mass is 10.0. The van der Waals surface area contributed by atoms with Gasteiger partial charge in [-0.2, -0.15) is 0 Å². The summed E-state index contributed by atoms with van der Waals surface area (Å²) in [5, 5.41) is 9.34. The molecule has 1 aliphatic heterocycles. The quantitative estimate of drug-likeness (QED) is 0.687. The number of aromatic carboxylic acids is 1. The van der Waals surface area contributed by atoms with Gasteiger partial charge in [0.25, 0.3) is 10.0 Å². The number of carboxylic acid groups (broad SMARTS) is 1. The van der Waals surface area contributed by atoms with Gasteiger partial charge in [0.15, 0.2) is 5.82 Å². The molecule has 162 valence electrons. The predicted molar refractivity (Wildman–Crippen MR) is 118 cm³/mol. The summed E-state index contributed by atoms with van der Waals surface area (Å²) in [5.41, 5.74) is 1.20. The Bertz CT molecular complexity index is 1000. The number of piperidine rings is 1. The van der Waals surface area contributed by atoms with Crippen LogP contribution < -0.4 is 9.62 Å². The molecule has 2 aromatic rings. The maximum absolute atomic E-state index is 13.0. The summed E-state index contributed by atoms with van der Waals surface area (Å²) in [4.78, 5) is 17.9. The zero-order valence-corrected chi connectivity index (χ0v) is 18.4. The first-order valence-electron chi connectivity index (χ1n) is 10.3. The standard InChI is InChI=1S/C22H29N3O4S/c1-15(2)11-17-6-8-19(9-7-17)30(28,29)24-20-12-18(22(26)27)13-23-21(20)25-10-4-5-16(3)14-25/h6-9,12-13,15-16,24H,4-5,10-11,14H2,1-3H3,(H,26,27)/t16-/m0/s1. The highest BCUT2D eigenvalue weighted by Crippen LogP contribution is 2.30. The van der Waals surface area contributed by atoms with Gasteiger partial charge in [0.2, 0.25) is 0 Å². The second-order valence-corrected chi connectivity index (χ2v) is 10.1. The number of pyridine rings is 1. The third-order valence-corrected chi connectivity index (χ3v) is 6.57. The number of sulfonamides is 1. The van der Waals surface area contributed by atoms with E-state index < -0.39 is 16.0 Å². The number of benzene rings is 1. The second kappa shape index (κ2) is 9.04. The van der Waals surface area contributed by atoms with Crippen molar-refractivity contribution in [3.63, 3.8) is 0 Å². The molecule has 0 unspecified atom stereocenters. The molecule has 0 amide bonds. The molecule has 2 heterocycles. The summed E-state index contributed by atoms with van der Waals surface area (Å²) in [5.74, 6) is 0.244. The van der Waals surface area contributed by atoms with Crippen LogP contribution in [0.5, 0.6) is 0 Å². The third-order valence-electron chi connectivity index (χ3n) is 5.19. The molecule has 3 rings (SSSR count). The highest BCUT2D eigenvalue weighted by atomic mass is 32.2. The average molecular weight is 432 g/mol. The van der Waals surface area contributed by atoms with Gasteiger partial charge in [-0.1, -0.05) is 32.9 Å². The first kappa shape index (κ1) is 22.1. The van der Waals surface area contributed by atoms with E-state index >= 15 is 0 Å². The van der Waals surface area contributed by atoms with Crippen molar-refractivity contribution in [1.82, 2.24) is 4.98 Å².